The summed E-state index contributed by atoms with van der Waals surface area (Å²) in [4.78, 5) is 14.9. The third-order valence-corrected chi connectivity index (χ3v) is 7.37. The highest BCUT2D eigenvalue weighted by molar-refractivity contribution is 7.89. The van der Waals surface area contributed by atoms with Crippen molar-refractivity contribution in [3.63, 3.8) is 0 Å². The van der Waals surface area contributed by atoms with Crippen LogP contribution in [-0.4, -0.2) is 62.4 Å². The summed E-state index contributed by atoms with van der Waals surface area (Å²) in [6, 6.07) is 5.25. The average molecular weight is 381 g/mol. The van der Waals surface area contributed by atoms with Crippen LogP contribution in [0.1, 0.15) is 30.9 Å². The summed E-state index contributed by atoms with van der Waals surface area (Å²) in [7, 11) is -3.50. The molecule has 7 heteroatoms. The zero-order valence-electron chi connectivity index (χ0n) is 15.8. The maximum absolute atomic E-state index is 12.9. The molecule has 0 aliphatic carbocycles. The Morgan fingerprint density at radius 3 is 2.42 bits per heavy atom. The number of nitrogens with zero attached hydrogens (tertiary/aromatic N) is 2. The van der Waals surface area contributed by atoms with Crippen molar-refractivity contribution in [2.24, 2.45) is 5.92 Å². The monoisotopic (exact) mass is 380 g/mol. The molecule has 0 radical (unpaired) electrons. The van der Waals surface area contributed by atoms with E-state index < -0.39 is 10.0 Å². The first kappa shape index (κ1) is 19.3. The minimum atomic E-state index is -3.50. The SMILES string of the molecule is Cc1ccc(S(=O)(=O)N2CCC(C(=O)N3CCOC(C)C3)CC2)cc1C. The largest absolute Gasteiger partial charge is 0.375 e. The first-order valence-electron chi connectivity index (χ1n) is 9.27. The second-order valence-electron chi connectivity index (χ2n) is 7.39. The van der Waals surface area contributed by atoms with Crippen molar-refractivity contribution in [3.8, 4) is 0 Å². The lowest BCUT2D eigenvalue weighted by Crippen LogP contribution is -2.49. The van der Waals surface area contributed by atoms with E-state index in [1.165, 1.54) is 4.31 Å². The molecule has 6 nitrogen and oxygen atoms in total. The van der Waals surface area contributed by atoms with Gasteiger partial charge in [0.1, 0.15) is 0 Å². The van der Waals surface area contributed by atoms with E-state index in [0.717, 1.165) is 11.1 Å². The molecule has 1 aromatic rings. The molecule has 2 fully saturated rings. The number of hydrogen-bond acceptors (Lipinski definition) is 4. The molecule has 0 saturated carbocycles. The van der Waals surface area contributed by atoms with E-state index >= 15 is 0 Å². The van der Waals surface area contributed by atoms with Crippen molar-refractivity contribution in [2.75, 3.05) is 32.8 Å². The second-order valence-corrected chi connectivity index (χ2v) is 9.33. The van der Waals surface area contributed by atoms with Gasteiger partial charge < -0.3 is 9.64 Å². The van der Waals surface area contributed by atoms with Gasteiger partial charge in [-0.15, -0.1) is 0 Å². The summed E-state index contributed by atoms with van der Waals surface area (Å²) in [5, 5.41) is 0. The zero-order valence-corrected chi connectivity index (χ0v) is 16.6. The Bertz CT molecular complexity index is 770. The van der Waals surface area contributed by atoms with Gasteiger partial charge in [0, 0.05) is 32.1 Å². The lowest BCUT2D eigenvalue weighted by Gasteiger charge is -2.36. The number of morpholine rings is 1. The Morgan fingerprint density at radius 1 is 1.12 bits per heavy atom. The molecule has 26 heavy (non-hydrogen) atoms. The number of hydrogen-bond donors (Lipinski definition) is 0. The lowest BCUT2D eigenvalue weighted by atomic mass is 9.96. The highest BCUT2D eigenvalue weighted by Crippen LogP contribution is 2.26. The maximum atomic E-state index is 12.9. The molecular formula is C19H28N2O4S. The molecular weight excluding hydrogens is 352 g/mol. The molecule has 1 atom stereocenters. The topological polar surface area (TPSA) is 66.9 Å². The number of carbonyl (C=O) groups is 1. The van der Waals surface area contributed by atoms with Crippen molar-refractivity contribution in [2.45, 2.75) is 44.6 Å². The van der Waals surface area contributed by atoms with Crippen LogP contribution in [0.4, 0.5) is 0 Å². The van der Waals surface area contributed by atoms with Gasteiger partial charge in [0.05, 0.1) is 17.6 Å². The van der Waals surface area contributed by atoms with Gasteiger partial charge in [-0.25, -0.2) is 8.42 Å². The summed E-state index contributed by atoms with van der Waals surface area (Å²) in [5.41, 5.74) is 2.05. The van der Waals surface area contributed by atoms with Crippen molar-refractivity contribution in [1.29, 1.82) is 0 Å². The quantitative estimate of drug-likeness (QED) is 0.804. The Hall–Kier alpha value is -1.44. The van der Waals surface area contributed by atoms with Gasteiger partial charge in [0.25, 0.3) is 0 Å². The summed E-state index contributed by atoms with van der Waals surface area (Å²) >= 11 is 0. The summed E-state index contributed by atoms with van der Waals surface area (Å²) in [5.74, 6) is 0.0508. The minimum Gasteiger partial charge on any atom is -0.375 e. The van der Waals surface area contributed by atoms with E-state index in [9.17, 15) is 13.2 Å². The summed E-state index contributed by atoms with van der Waals surface area (Å²) < 4.78 is 32.8. The van der Waals surface area contributed by atoms with Gasteiger partial charge in [-0.3, -0.25) is 4.79 Å². The second kappa shape index (κ2) is 7.66. The van der Waals surface area contributed by atoms with Crippen LogP contribution >= 0.6 is 0 Å². The number of benzene rings is 1. The molecule has 144 valence electrons. The van der Waals surface area contributed by atoms with E-state index in [0.29, 0.717) is 50.5 Å². The number of aryl methyl sites for hydroxylation is 2. The Labute approximate surface area is 156 Å². The molecule has 0 aromatic heterocycles. The van der Waals surface area contributed by atoms with Crippen LogP contribution in [0.2, 0.25) is 0 Å². The maximum Gasteiger partial charge on any atom is 0.243 e. The normalized spacial score (nSPS) is 23.2. The Morgan fingerprint density at radius 2 is 1.81 bits per heavy atom. The van der Waals surface area contributed by atoms with E-state index in [-0.39, 0.29) is 17.9 Å². The first-order chi connectivity index (χ1) is 12.3. The van der Waals surface area contributed by atoms with E-state index in [2.05, 4.69) is 0 Å². The average Bonchev–Trinajstić information content (AvgIpc) is 2.63. The molecule has 1 unspecified atom stereocenters. The molecule has 0 N–H and O–H groups in total. The van der Waals surface area contributed by atoms with E-state index in [1.54, 1.807) is 12.1 Å². The molecule has 3 rings (SSSR count). The van der Waals surface area contributed by atoms with E-state index in [4.69, 9.17) is 4.74 Å². The highest BCUT2D eigenvalue weighted by atomic mass is 32.2. The van der Waals surface area contributed by atoms with Gasteiger partial charge >= 0.3 is 0 Å². The number of rotatable bonds is 3. The van der Waals surface area contributed by atoms with Crippen molar-refractivity contribution in [1.82, 2.24) is 9.21 Å². The zero-order chi connectivity index (χ0) is 18.9. The van der Waals surface area contributed by atoms with Crippen molar-refractivity contribution < 1.29 is 17.9 Å². The van der Waals surface area contributed by atoms with E-state index in [1.807, 2.05) is 31.7 Å². The van der Waals surface area contributed by atoms with Crippen LogP contribution in [0.15, 0.2) is 23.1 Å². The molecule has 0 bridgehead atoms. The Balaban J connectivity index is 1.64. The fourth-order valence-electron chi connectivity index (χ4n) is 3.64. The summed E-state index contributed by atoms with van der Waals surface area (Å²) in [6.07, 6.45) is 1.22. The number of carbonyl (C=O) groups excluding carboxylic acids is 1. The molecule has 1 amide bonds. The predicted molar refractivity (Wildman–Crippen MR) is 99.4 cm³/mol. The number of piperidine rings is 1. The molecule has 2 aliphatic rings. The van der Waals surface area contributed by atoms with Crippen molar-refractivity contribution >= 4 is 15.9 Å². The third-order valence-electron chi connectivity index (χ3n) is 5.47. The highest BCUT2D eigenvalue weighted by Gasteiger charge is 2.34. The van der Waals surface area contributed by atoms with Crippen LogP contribution in [0.25, 0.3) is 0 Å². The summed E-state index contributed by atoms with van der Waals surface area (Å²) in [6.45, 7) is 8.48. The fraction of sp³-hybridized carbons (Fsp3) is 0.632. The van der Waals surface area contributed by atoms with Crippen LogP contribution in [-0.2, 0) is 19.6 Å². The first-order valence-corrected chi connectivity index (χ1v) is 10.7. The third kappa shape index (κ3) is 3.94. The van der Waals surface area contributed by atoms with Gasteiger partial charge in [-0.2, -0.15) is 4.31 Å². The molecule has 1 aromatic carbocycles. The lowest BCUT2D eigenvalue weighted by molar-refractivity contribution is -0.143. The van der Waals surface area contributed by atoms with Crippen LogP contribution in [0, 0.1) is 19.8 Å². The fourth-order valence-corrected chi connectivity index (χ4v) is 5.20. The van der Waals surface area contributed by atoms with Gasteiger partial charge in [-0.05, 0) is 56.9 Å². The minimum absolute atomic E-state index is 0.0675. The molecule has 2 aliphatic heterocycles. The van der Waals surface area contributed by atoms with Crippen LogP contribution in [0.5, 0.6) is 0 Å². The van der Waals surface area contributed by atoms with Crippen LogP contribution in [0.3, 0.4) is 0 Å². The number of sulfonamides is 1. The smallest absolute Gasteiger partial charge is 0.243 e. The predicted octanol–water partition coefficient (Wildman–Crippen LogP) is 1.95. The molecule has 0 spiro atoms. The van der Waals surface area contributed by atoms with Gasteiger partial charge in [0.15, 0.2) is 0 Å². The standard InChI is InChI=1S/C19H28N2O4S/c1-14-4-5-18(12-15(14)2)26(23,24)21-8-6-17(7-9-21)19(22)20-10-11-25-16(3)13-20/h4-5,12,16-17H,6-11,13H2,1-3H3. The number of ether oxygens (including phenoxy) is 1. The van der Waals surface area contributed by atoms with Crippen molar-refractivity contribution in [3.05, 3.63) is 29.3 Å². The number of amides is 1. The van der Waals surface area contributed by atoms with Gasteiger partial charge in [-0.1, -0.05) is 6.07 Å². The molecule has 2 heterocycles. The molecule has 2 saturated heterocycles. The Kier molecular flexibility index (Phi) is 5.69. The van der Waals surface area contributed by atoms with Gasteiger partial charge in [0.2, 0.25) is 15.9 Å². The van der Waals surface area contributed by atoms with Crippen LogP contribution < -0.4 is 0 Å².